The first-order chi connectivity index (χ1) is 6.05. The fourth-order valence-corrected chi connectivity index (χ4v) is 1.55. The van der Waals surface area contributed by atoms with Crippen LogP contribution in [-0.2, 0) is 4.79 Å². The summed E-state index contributed by atoms with van der Waals surface area (Å²) in [6, 6.07) is 0. The second-order valence-electron chi connectivity index (χ2n) is 3.06. The molecule has 0 radical (unpaired) electrons. The number of carbonyl (C=O) groups excluding carboxylic acids is 1. The zero-order chi connectivity index (χ0) is 10.1. The summed E-state index contributed by atoms with van der Waals surface area (Å²) < 4.78 is 0. The van der Waals surface area contributed by atoms with Crippen molar-refractivity contribution < 1.29 is 9.86 Å². The molecule has 0 aromatic heterocycles. The van der Waals surface area contributed by atoms with Crippen LogP contribution in [0.5, 0.6) is 0 Å². The molecule has 0 aromatic carbocycles. The molecule has 1 fully saturated rings. The van der Waals surface area contributed by atoms with Crippen molar-refractivity contribution in [2.75, 3.05) is 25.5 Å². The summed E-state index contributed by atoms with van der Waals surface area (Å²) in [4.78, 5) is 22.9. The molecule has 1 atom stereocenters. The number of nitrogens with zero attached hydrogens (tertiary/aromatic N) is 2. The van der Waals surface area contributed by atoms with Crippen LogP contribution in [0.4, 0.5) is 0 Å². The molecule has 1 rings (SSSR count). The number of hydrogen-bond donors (Lipinski definition) is 1. The van der Waals surface area contributed by atoms with Crippen LogP contribution in [0.2, 0.25) is 0 Å². The molecule has 6 nitrogen and oxygen atoms in total. The molecule has 0 spiro atoms. The van der Waals surface area contributed by atoms with E-state index in [1.165, 1.54) is 11.9 Å². The molecule has 1 saturated heterocycles. The van der Waals surface area contributed by atoms with Gasteiger partial charge in [-0.3, -0.25) is 4.79 Å². The van der Waals surface area contributed by atoms with E-state index in [1.54, 1.807) is 0 Å². The molecular formula is C6H10BrN3O3. The number of likely N-dealkylation sites (N-methyl/N-ethyl adjacent to an activating group) is 1. The Labute approximate surface area is 83.5 Å². The van der Waals surface area contributed by atoms with Crippen molar-refractivity contribution >= 4 is 21.8 Å². The largest absolute Gasteiger partial charge is 0.633 e. The summed E-state index contributed by atoms with van der Waals surface area (Å²) in [5.41, 5.74) is -1.17. The highest BCUT2D eigenvalue weighted by Crippen LogP contribution is 2.19. The van der Waals surface area contributed by atoms with Crippen molar-refractivity contribution in [3.63, 3.8) is 0 Å². The standard InChI is InChI=1S/C6H10BrN3O3/c1-9(13)6(8-12)3-10(4-6)5(11)2-7/h9H,2-4H2,1H3. The number of quaternary nitrogens is 1. The lowest BCUT2D eigenvalue weighted by Gasteiger charge is -2.47. The van der Waals surface area contributed by atoms with Crippen LogP contribution in [0.1, 0.15) is 0 Å². The summed E-state index contributed by atoms with van der Waals surface area (Å²) >= 11 is 3.00. The van der Waals surface area contributed by atoms with E-state index >= 15 is 0 Å². The number of nitroso groups, excluding NO2 is 1. The average Bonchev–Trinajstić information content (AvgIpc) is 2.02. The number of rotatable bonds is 3. The van der Waals surface area contributed by atoms with Crippen molar-refractivity contribution in [1.29, 1.82) is 0 Å². The summed E-state index contributed by atoms with van der Waals surface area (Å²) in [6.07, 6.45) is 0. The maximum absolute atomic E-state index is 11.0. The molecular weight excluding hydrogens is 242 g/mol. The fraction of sp³-hybridized carbons (Fsp3) is 0.833. The Hall–Kier alpha value is -0.530. The molecule has 0 bridgehead atoms. The normalized spacial score (nSPS) is 21.9. The van der Waals surface area contributed by atoms with Gasteiger partial charge in [-0.1, -0.05) is 15.9 Å². The van der Waals surface area contributed by atoms with Crippen molar-refractivity contribution in [3.8, 4) is 0 Å². The zero-order valence-electron chi connectivity index (χ0n) is 7.12. The number of amides is 1. The average molecular weight is 252 g/mol. The molecule has 0 aliphatic carbocycles. The Morgan fingerprint density at radius 2 is 2.31 bits per heavy atom. The van der Waals surface area contributed by atoms with E-state index in [4.69, 9.17) is 0 Å². The zero-order valence-corrected chi connectivity index (χ0v) is 8.70. The van der Waals surface area contributed by atoms with Crippen LogP contribution in [0.3, 0.4) is 0 Å². The highest BCUT2D eigenvalue weighted by atomic mass is 79.9. The van der Waals surface area contributed by atoms with E-state index < -0.39 is 5.66 Å². The minimum atomic E-state index is -1.17. The van der Waals surface area contributed by atoms with Crippen LogP contribution in [-0.4, -0.2) is 41.9 Å². The second kappa shape index (κ2) is 3.69. The van der Waals surface area contributed by atoms with Gasteiger partial charge in [0.2, 0.25) is 5.91 Å². The Morgan fingerprint density at radius 1 is 1.77 bits per heavy atom. The third-order valence-electron chi connectivity index (χ3n) is 2.20. The van der Waals surface area contributed by atoms with Gasteiger partial charge in [-0.05, 0) is 0 Å². The molecule has 0 aromatic rings. The van der Waals surface area contributed by atoms with E-state index in [2.05, 4.69) is 21.1 Å². The van der Waals surface area contributed by atoms with Crippen LogP contribution < -0.4 is 5.06 Å². The fourth-order valence-electron chi connectivity index (χ4n) is 1.19. The van der Waals surface area contributed by atoms with Gasteiger partial charge in [-0.15, -0.1) is 4.91 Å². The number of carbonyl (C=O) groups is 1. The van der Waals surface area contributed by atoms with Crippen LogP contribution >= 0.6 is 15.9 Å². The van der Waals surface area contributed by atoms with Gasteiger partial charge in [0.05, 0.1) is 12.4 Å². The van der Waals surface area contributed by atoms with E-state index in [1.807, 2.05) is 0 Å². The molecule has 1 heterocycles. The molecule has 0 saturated carbocycles. The minimum absolute atomic E-state index is 0.121. The van der Waals surface area contributed by atoms with Crippen molar-refractivity contribution in [2.45, 2.75) is 5.66 Å². The van der Waals surface area contributed by atoms with Gasteiger partial charge in [-0.2, -0.15) is 0 Å². The molecule has 1 aliphatic rings. The predicted octanol–water partition coefficient (Wildman–Crippen LogP) is -1.30. The highest BCUT2D eigenvalue weighted by molar-refractivity contribution is 9.09. The van der Waals surface area contributed by atoms with Crippen LogP contribution in [0, 0.1) is 10.1 Å². The SMILES string of the molecule is C[NH+]([O-])C1(N=O)CN(C(=O)CBr)C1. The first kappa shape index (κ1) is 10.6. The second-order valence-corrected chi connectivity index (χ2v) is 3.62. The highest BCUT2D eigenvalue weighted by Gasteiger charge is 2.51. The predicted molar refractivity (Wildman–Crippen MR) is 49.2 cm³/mol. The first-order valence-corrected chi connectivity index (χ1v) is 4.87. The first-order valence-electron chi connectivity index (χ1n) is 3.75. The van der Waals surface area contributed by atoms with Gasteiger partial charge >= 0.3 is 0 Å². The molecule has 1 aliphatic heterocycles. The smallest absolute Gasteiger partial charge is 0.264 e. The molecule has 13 heavy (non-hydrogen) atoms. The van der Waals surface area contributed by atoms with E-state index in [0.717, 1.165) is 0 Å². The van der Waals surface area contributed by atoms with Crippen molar-refractivity contribution in [3.05, 3.63) is 10.1 Å². The Morgan fingerprint density at radius 3 is 2.62 bits per heavy atom. The third-order valence-corrected chi connectivity index (χ3v) is 2.68. The number of alkyl halides is 1. The van der Waals surface area contributed by atoms with Crippen molar-refractivity contribution in [2.24, 2.45) is 5.18 Å². The van der Waals surface area contributed by atoms with Gasteiger partial charge in [0.1, 0.15) is 13.1 Å². The molecule has 7 heteroatoms. The Balaban J connectivity index is 2.54. The minimum Gasteiger partial charge on any atom is -0.633 e. The summed E-state index contributed by atoms with van der Waals surface area (Å²) in [5.74, 6) is -0.125. The molecule has 1 unspecified atom stereocenters. The number of hydroxylamine groups is 2. The summed E-state index contributed by atoms with van der Waals surface area (Å²) in [6.45, 7) is 0.243. The molecule has 1 amide bonds. The van der Waals surface area contributed by atoms with Crippen LogP contribution in [0.15, 0.2) is 5.18 Å². The van der Waals surface area contributed by atoms with Gasteiger partial charge in [0, 0.05) is 5.18 Å². The van der Waals surface area contributed by atoms with E-state index in [9.17, 15) is 14.9 Å². The quantitative estimate of drug-likeness (QED) is 0.385. The summed E-state index contributed by atoms with van der Waals surface area (Å²) in [7, 11) is 1.32. The Bertz CT molecular complexity index is 227. The van der Waals surface area contributed by atoms with E-state index in [-0.39, 0.29) is 29.4 Å². The topological polar surface area (TPSA) is 77.2 Å². The van der Waals surface area contributed by atoms with Crippen molar-refractivity contribution in [1.82, 2.24) is 4.90 Å². The number of likely N-dealkylation sites (tertiary alicyclic amines) is 1. The number of halogens is 1. The van der Waals surface area contributed by atoms with E-state index in [0.29, 0.717) is 0 Å². The lowest BCUT2D eigenvalue weighted by Crippen LogP contribution is -3.18. The third kappa shape index (κ3) is 1.72. The number of hydrogen-bond acceptors (Lipinski definition) is 4. The molecule has 74 valence electrons. The lowest BCUT2D eigenvalue weighted by atomic mass is 10.0. The lowest BCUT2D eigenvalue weighted by molar-refractivity contribution is -0.891. The van der Waals surface area contributed by atoms with Gasteiger partial charge < -0.3 is 15.2 Å². The Kier molecular flexibility index (Phi) is 2.99. The monoisotopic (exact) mass is 251 g/mol. The van der Waals surface area contributed by atoms with Crippen LogP contribution in [0.25, 0.3) is 0 Å². The van der Waals surface area contributed by atoms with Gasteiger partial charge in [0.15, 0.2) is 0 Å². The molecule has 1 N–H and O–H groups in total. The summed E-state index contributed by atoms with van der Waals surface area (Å²) in [5, 5.41) is 13.7. The maximum atomic E-state index is 11.0. The maximum Gasteiger partial charge on any atom is 0.264 e. The van der Waals surface area contributed by atoms with Gasteiger partial charge in [-0.25, -0.2) is 0 Å². The van der Waals surface area contributed by atoms with Gasteiger partial charge in [0.25, 0.3) is 5.66 Å². The number of nitrogens with one attached hydrogen (secondary N) is 1.